The molecule has 1 N–H and O–H groups in total. The summed E-state index contributed by atoms with van der Waals surface area (Å²) in [6.45, 7) is 8.02. The van der Waals surface area contributed by atoms with Crippen molar-refractivity contribution in [2.24, 2.45) is 5.41 Å². The summed E-state index contributed by atoms with van der Waals surface area (Å²) in [6.07, 6.45) is 0.233. The van der Waals surface area contributed by atoms with Gasteiger partial charge in [0.1, 0.15) is 5.75 Å². The van der Waals surface area contributed by atoms with E-state index in [9.17, 15) is 5.11 Å². The molecule has 0 aliphatic heterocycles. The molecule has 1 aromatic rings. The standard InChI is InChI=1S/C15H21NO2/c1-11-9-13(12(2)17)5-6-14(11)18-8-7-15(3,4)10-16/h5-6,9,12,17H,7-8H2,1-4H3/t12-/m1/s1. The second kappa shape index (κ2) is 5.88. The van der Waals surface area contributed by atoms with Gasteiger partial charge >= 0.3 is 0 Å². The summed E-state index contributed by atoms with van der Waals surface area (Å²) >= 11 is 0. The van der Waals surface area contributed by atoms with Gasteiger partial charge in [0.2, 0.25) is 0 Å². The van der Waals surface area contributed by atoms with Crippen LogP contribution in [0.1, 0.15) is 44.4 Å². The average molecular weight is 247 g/mol. The Balaban J connectivity index is 2.62. The van der Waals surface area contributed by atoms with E-state index in [1.807, 2.05) is 39.0 Å². The molecule has 3 heteroatoms. The number of hydrogen-bond donors (Lipinski definition) is 1. The Morgan fingerprint density at radius 2 is 2.11 bits per heavy atom. The van der Waals surface area contributed by atoms with Gasteiger partial charge in [0.25, 0.3) is 0 Å². The van der Waals surface area contributed by atoms with Crippen molar-refractivity contribution >= 4 is 0 Å². The quantitative estimate of drug-likeness (QED) is 0.868. The predicted octanol–water partition coefficient (Wildman–Crippen LogP) is 3.37. The lowest BCUT2D eigenvalue weighted by Gasteiger charge is -2.16. The zero-order valence-corrected chi connectivity index (χ0v) is 11.5. The number of hydrogen-bond acceptors (Lipinski definition) is 3. The van der Waals surface area contributed by atoms with Crippen LogP contribution in [0.3, 0.4) is 0 Å². The fourth-order valence-electron chi connectivity index (χ4n) is 1.57. The third-order valence-corrected chi connectivity index (χ3v) is 2.97. The van der Waals surface area contributed by atoms with Crippen LogP contribution in [0.4, 0.5) is 0 Å². The molecule has 0 spiro atoms. The fourth-order valence-corrected chi connectivity index (χ4v) is 1.57. The topological polar surface area (TPSA) is 53.2 Å². The van der Waals surface area contributed by atoms with Crippen molar-refractivity contribution in [3.63, 3.8) is 0 Å². The molecule has 0 aliphatic rings. The molecule has 0 aliphatic carbocycles. The van der Waals surface area contributed by atoms with Crippen LogP contribution in [0.25, 0.3) is 0 Å². The SMILES string of the molecule is Cc1cc([C@@H](C)O)ccc1OCCC(C)(C)C#N. The molecule has 1 aromatic carbocycles. The van der Waals surface area contributed by atoms with Crippen LogP contribution in [-0.2, 0) is 0 Å². The van der Waals surface area contributed by atoms with Gasteiger partial charge in [-0.2, -0.15) is 5.26 Å². The monoisotopic (exact) mass is 247 g/mol. The molecule has 0 unspecified atom stereocenters. The maximum Gasteiger partial charge on any atom is 0.122 e. The highest BCUT2D eigenvalue weighted by Gasteiger charge is 2.16. The second-order valence-corrected chi connectivity index (χ2v) is 5.30. The first kappa shape index (κ1) is 14.5. The molecule has 98 valence electrons. The van der Waals surface area contributed by atoms with Crippen molar-refractivity contribution in [1.82, 2.24) is 0 Å². The minimum absolute atomic E-state index is 0.354. The Hall–Kier alpha value is -1.53. The van der Waals surface area contributed by atoms with Crippen molar-refractivity contribution in [1.29, 1.82) is 5.26 Å². The van der Waals surface area contributed by atoms with E-state index in [1.165, 1.54) is 0 Å². The van der Waals surface area contributed by atoms with Crippen LogP contribution < -0.4 is 4.74 Å². The normalized spacial score (nSPS) is 12.9. The van der Waals surface area contributed by atoms with Crippen LogP contribution in [-0.4, -0.2) is 11.7 Å². The molecule has 0 bridgehead atoms. The van der Waals surface area contributed by atoms with Crippen LogP contribution in [0.5, 0.6) is 5.75 Å². The lowest BCUT2D eigenvalue weighted by Crippen LogP contribution is -2.13. The number of ether oxygens (including phenoxy) is 1. The first-order valence-electron chi connectivity index (χ1n) is 6.18. The number of aliphatic hydroxyl groups excluding tert-OH is 1. The molecule has 1 atom stereocenters. The van der Waals surface area contributed by atoms with E-state index >= 15 is 0 Å². The molecular weight excluding hydrogens is 226 g/mol. The van der Waals surface area contributed by atoms with Gasteiger partial charge < -0.3 is 9.84 Å². The van der Waals surface area contributed by atoms with E-state index in [2.05, 4.69) is 6.07 Å². The number of aryl methyl sites for hydroxylation is 1. The Bertz CT molecular complexity index is 444. The van der Waals surface area contributed by atoms with Gasteiger partial charge in [-0.3, -0.25) is 0 Å². The highest BCUT2D eigenvalue weighted by atomic mass is 16.5. The third kappa shape index (κ3) is 4.05. The van der Waals surface area contributed by atoms with Gasteiger partial charge in [-0.25, -0.2) is 0 Å². The Morgan fingerprint density at radius 3 is 2.61 bits per heavy atom. The summed E-state index contributed by atoms with van der Waals surface area (Å²) in [6, 6.07) is 7.91. The zero-order valence-electron chi connectivity index (χ0n) is 11.5. The maximum absolute atomic E-state index is 9.48. The van der Waals surface area contributed by atoms with Crippen molar-refractivity contribution in [3.8, 4) is 11.8 Å². The van der Waals surface area contributed by atoms with Gasteiger partial charge in [0.15, 0.2) is 0 Å². The molecule has 0 aromatic heterocycles. The smallest absolute Gasteiger partial charge is 0.122 e. The number of nitriles is 1. The van der Waals surface area contributed by atoms with E-state index < -0.39 is 6.10 Å². The number of benzene rings is 1. The van der Waals surface area contributed by atoms with Crippen molar-refractivity contribution in [2.75, 3.05) is 6.61 Å². The molecule has 0 saturated carbocycles. The molecule has 0 saturated heterocycles. The Labute approximate surface area is 109 Å². The van der Waals surface area contributed by atoms with E-state index in [1.54, 1.807) is 6.92 Å². The lowest BCUT2D eigenvalue weighted by atomic mass is 9.92. The van der Waals surface area contributed by atoms with Gasteiger partial charge in [-0.15, -0.1) is 0 Å². The van der Waals surface area contributed by atoms with Gasteiger partial charge in [0, 0.05) is 0 Å². The first-order valence-corrected chi connectivity index (χ1v) is 6.18. The maximum atomic E-state index is 9.48. The van der Waals surface area contributed by atoms with Gasteiger partial charge in [-0.05, 0) is 57.4 Å². The summed E-state index contributed by atoms with van der Waals surface area (Å²) in [4.78, 5) is 0. The summed E-state index contributed by atoms with van der Waals surface area (Å²) in [7, 11) is 0. The van der Waals surface area contributed by atoms with E-state index in [-0.39, 0.29) is 5.41 Å². The van der Waals surface area contributed by atoms with Crippen LogP contribution in [0.15, 0.2) is 18.2 Å². The lowest BCUT2D eigenvalue weighted by molar-refractivity contribution is 0.199. The van der Waals surface area contributed by atoms with Crippen LogP contribution in [0, 0.1) is 23.7 Å². The molecule has 0 amide bonds. The van der Waals surface area contributed by atoms with Crippen LogP contribution in [0.2, 0.25) is 0 Å². The molecular formula is C15H21NO2. The minimum atomic E-state index is -0.463. The van der Waals surface area contributed by atoms with Gasteiger partial charge in [-0.1, -0.05) is 6.07 Å². The van der Waals surface area contributed by atoms with Crippen molar-refractivity contribution < 1.29 is 9.84 Å². The molecule has 3 nitrogen and oxygen atoms in total. The molecule has 0 heterocycles. The summed E-state index contributed by atoms with van der Waals surface area (Å²) in [5.74, 6) is 0.813. The van der Waals surface area contributed by atoms with Gasteiger partial charge in [0.05, 0.1) is 24.2 Å². The highest BCUT2D eigenvalue weighted by Crippen LogP contribution is 2.24. The Kier molecular flexibility index (Phi) is 4.75. The fraction of sp³-hybridized carbons (Fsp3) is 0.533. The summed E-state index contributed by atoms with van der Waals surface area (Å²) < 4.78 is 5.68. The summed E-state index contributed by atoms with van der Waals surface area (Å²) in [5.41, 5.74) is 1.54. The van der Waals surface area contributed by atoms with E-state index in [0.717, 1.165) is 16.9 Å². The first-order chi connectivity index (χ1) is 8.35. The molecule has 0 fully saturated rings. The zero-order chi connectivity index (χ0) is 13.8. The van der Waals surface area contributed by atoms with E-state index in [4.69, 9.17) is 10.00 Å². The predicted molar refractivity (Wildman–Crippen MR) is 71.3 cm³/mol. The minimum Gasteiger partial charge on any atom is -0.493 e. The average Bonchev–Trinajstić information content (AvgIpc) is 2.31. The molecule has 0 radical (unpaired) electrons. The summed E-state index contributed by atoms with van der Waals surface area (Å²) in [5, 5.41) is 18.4. The number of nitrogens with zero attached hydrogens (tertiary/aromatic N) is 1. The Morgan fingerprint density at radius 1 is 1.44 bits per heavy atom. The largest absolute Gasteiger partial charge is 0.493 e. The number of aliphatic hydroxyl groups is 1. The molecule has 1 rings (SSSR count). The van der Waals surface area contributed by atoms with E-state index in [0.29, 0.717) is 13.0 Å². The highest BCUT2D eigenvalue weighted by molar-refractivity contribution is 5.36. The van der Waals surface area contributed by atoms with Crippen molar-refractivity contribution in [3.05, 3.63) is 29.3 Å². The second-order valence-electron chi connectivity index (χ2n) is 5.30. The molecule has 18 heavy (non-hydrogen) atoms. The van der Waals surface area contributed by atoms with Crippen LogP contribution >= 0.6 is 0 Å². The van der Waals surface area contributed by atoms with Crippen molar-refractivity contribution in [2.45, 2.75) is 40.2 Å². The number of rotatable bonds is 5. The third-order valence-electron chi connectivity index (χ3n) is 2.97.